The molecule has 2 heterocycles. The number of Topliss-reactive ketones (excluding diaryl/α,β-unsaturated/α-hetero) is 1. The summed E-state index contributed by atoms with van der Waals surface area (Å²) in [6, 6.07) is 6.01. The smallest absolute Gasteiger partial charge is 0.222 e. The minimum Gasteiger partial charge on any atom is -0.384 e. The lowest BCUT2D eigenvalue weighted by Gasteiger charge is -2.35. The van der Waals surface area contributed by atoms with Crippen LogP contribution in [-0.2, 0) is 20.0 Å². The van der Waals surface area contributed by atoms with E-state index in [1.165, 1.54) is 23.5 Å². The molecule has 1 aliphatic heterocycles. The first kappa shape index (κ1) is 44.5. The molecule has 1 aromatic heterocycles. The van der Waals surface area contributed by atoms with Gasteiger partial charge in [0, 0.05) is 62.2 Å². The number of halogens is 2. The van der Waals surface area contributed by atoms with Gasteiger partial charge < -0.3 is 15.5 Å². The molecule has 0 radical (unpaired) electrons. The Labute approximate surface area is 292 Å². The van der Waals surface area contributed by atoms with Crippen molar-refractivity contribution >= 4 is 28.7 Å². The van der Waals surface area contributed by atoms with Gasteiger partial charge in [-0.2, -0.15) is 5.10 Å². The molecule has 1 amide bonds. The number of rotatable bonds is 14. The molecule has 7 nitrogen and oxygen atoms in total. The predicted molar refractivity (Wildman–Crippen MR) is 197 cm³/mol. The Balaban J connectivity index is 0.000000905. The summed E-state index contributed by atoms with van der Waals surface area (Å²) in [6.07, 6.45) is 13.0. The number of thiazole rings is 1. The Kier molecular flexibility index (Phi) is 22.8. The number of allylic oxidation sites excluding steroid dienone is 5. The van der Waals surface area contributed by atoms with E-state index in [4.69, 9.17) is 10.6 Å². The summed E-state index contributed by atoms with van der Waals surface area (Å²) in [7, 11) is 1.61. The number of hydrazone groups is 1. The second-order valence-corrected chi connectivity index (χ2v) is 11.7. The Morgan fingerprint density at radius 3 is 2.25 bits per heavy atom. The van der Waals surface area contributed by atoms with E-state index in [9.17, 15) is 18.4 Å². The fourth-order valence-corrected chi connectivity index (χ4v) is 5.98. The number of ketones is 1. The normalized spacial score (nSPS) is 15.5. The van der Waals surface area contributed by atoms with E-state index >= 15 is 0 Å². The van der Waals surface area contributed by atoms with Crippen LogP contribution in [-0.4, -0.2) is 54.1 Å². The highest BCUT2D eigenvalue weighted by atomic mass is 32.1. The molecule has 3 rings (SSSR count). The van der Waals surface area contributed by atoms with Crippen molar-refractivity contribution in [1.82, 2.24) is 9.88 Å². The maximum atomic E-state index is 15.0. The Morgan fingerprint density at radius 2 is 1.79 bits per heavy atom. The van der Waals surface area contributed by atoms with Gasteiger partial charge in [0.25, 0.3) is 0 Å². The van der Waals surface area contributed by atoms with Gasteiger partial charge in [-0.3, -0.25) is 9.59 Å². The zero-order valence-electron chi connectivity index (χ0n) is 30.4. The molecule has 48 heavy (non-hydrogen) atoms. The number of methoxy groups -OCH3 is 1. The minimum absolute atomic E-state index is 0.0767. The summed E-state index contributed by atoms with van der Waals surface area (Å²) in [4.78, 5) is 30.3. The highest BCUT2D eigenvalue weighted by Crippen LogP contribution is 2.38. The van der Waals surface area contributed by atoms with Gasteiger partial charge >= 0.3 is 0 Å². The van der Waals surface area contributed by atoms with Gasteiger partial charge in [-0.15, -0.1) is 11.3 Å². The number of hydrogen-bond acceptors (Lipinski definition) is 7. The Morgan fingerprint density at radius 1 is 1.17 bits per heavy atom. The lowest BCUT2D eigenvalue weighted by atomic mass is 9.77. The second-order valence-electron chi connectivity index (χ2n) is 10.9. The van der Waals surface area contributed by atoms with E-state index in [0.29, 0.717) is 49.7 Å². The molecule has 2 N–H and O–H groups in total. The molecule has 0 saturated carbocycles. The van der Waals surface area contributed by atoms with Crippen LogP contribution in [0, 0.1) is 11.2 Å². The zero-order valence-corrected chi connectivity index (χ0v) is 31.2. The molecule has 1 aromatic carbocycles. The van der Waals surface area contributed by atoms with Crippen molar-refractivity contribution in [2.75, 3.05) is 26.8 Å². The van der Waals surface area contributed by atoms with Crippen LogP contribution in [0.2, 0.25) is 0 Å². The molecular weight excluding hydrogens is 631 g/mol. The fourth-order valence-electron chi connectivity index (χ4n) is 5.19. The molecule has 1 saturated heterocycles. The van der Waals surface area contributed by atoms with Crippen LogP contribution in [0.5, 0.6) is 0 Å². The lowest BCUT2D eigenvalue weighted by molar-refractivity contribution is -0.134. The van der Waals surface area contributed by atoms with Crippen LogP contribution in [0.4, 0.5) is 8.78 Å². The van der Waals surface area contributed by atoms with Crippen molar-refractivity contribution in [2.45, 2.75) is 99.1 Å². The molecule has 268 valence electrons. The maximum absolute atomic E-state index is 15.0. The SMILES string of the molecule is C=CC(=C\C=C/C)/C(=N\N)c1ccc(F)cc1.CC.CC.CCC(CCCCC(=O)N1CCC(F)(c2nccs2)CC1)(COC)C(C)=O. The molecular formula is C38H58F2N4O3S. The number of unbranched alkanes of at least 4 members (excludes halogenated alkanes) is 1. The van der Waals surface area contributed by atoms with Gasteiger partial charge in [0.05, 0.1) is 17.7 Å². The number of piperidine rings is 1. The van der Waals surface area contributed by atoms with Gasteiger partial charge in [0.2, 0.25) is 5.91 Å². The minimum atomic E-state index is -1.40. The third-order valence-corrected chi connectivity index (χ3v) is 9.03. The van der Waals surface area contributed by atoms with E-state index < -0.39 is 11.1 Å². The standard InChI is InChI=1S/C20H31FN2O3S.C14H15FN2.2C2H6/c1-4-19(15-26-3,16(2)24)8-6-5-7-17(25)23-12-9-20(21,10-13-23)18-22-11-14-27-18;1-3-5-6-11(4-2)14(17-16)12-7-9-13(15)10-8-12;2*1-2/h11,14H,4-10,12-13,15H2,1-3H3;3-10H,2,16H2,1H3;2*1-2H3/b;5-3-,11-6+,17-14+;;. The van der Waals surface area contributed by atoms with Crippen LogP contribution in [0.3, 0.4) is 0 Å². The third kappa shape index (κ3) is 13.9. The molecule has 0 bridgehead atoms. The number of amides is 1. The predicted octanol–water partition coefficient (Wildman–Crippen LogP) is 9.35. The van der Waals surface area contributed by atoms with Crippen molar-refractivity contribution < 1.29 is 23.1 Å². The van der Waals surface area contributed by atoms with E-state index in [2.05, 4.69) is 16.7 Å². The summed E-state index contributed by atoms with van der Waals surface area (Å²) in [5.41, 5.74) is 0.289. The summed E-state index contributed by atoms with van der Waals surface area (Å²) >= 11 is 1.34. The molecule has 0 aliphatic carbocycles. The quantitative estimate of drug-likeness (QED) is 0.0701. The van der Waals surface area contributed by atoms with Crippen molar-refractivity contribution in [1.29, 1.82) is 0 Å². The summed E-state index contributed by atoms with van der Waals surface area (Å²) in [5, 5.41) is 6.04. The van der Waals surface area contributed by atoms with Gasteiger partial charge in [-0.05, 0) is 57.4 Å². The first-order valence-electron chi connectivity index (χ1n) is 17.0. The molecule has 1 aliphatic rings. The monoisotopic (exact) mass is 688 g/mol. The Hall–Kier alpha value is -3.50. The summed E-state index contributed by atoms with van der Waals surface area (Å²) < 4.78 is 33.0. The molecule has 1 fully saturated rings. The van der Waals surface area contributed by atoms with Crippen molar-refractivity contribution in [3.05, 3.63) is 88.7 Å². The number of nitrogens with zero attached hydrogens (tertiary/aromatic N) is 3. The van der Waals surface area contributed by atoms with E-state index in [-0.39, 0.29) is 17.5 Å². The molecule has 10 heteroatoms. The number of carbonyl (C=O) groups is 2. The average Bonchev–Trinajstić information content (AvgIpc) is 3.67. The third-order valence-electron chi connectivity index (χ3n) is 8.07. The topological polar surface area (TPSA) is 97.9 Å². The van der Waals surface area contributed by atoms with E-state index in [1.54, 1.807) is 48.7 Å². The van der Waals surface area contributed by atoms with Crippen molar-refractivity contribution in [3.63, 3.8) is 0 Å². The zero-order chi connectivity index (χ0) is 36.6. The lowest BCUT2D eigenvalue weighted by Crippen LogP contribution is -2.43. The first-order valence-corrected chi connectivity index (χ1v) is 17.8. The van der Waals surface area contributed by atoms with Crippen molar-refractivity contribution in [3.8, 4) is 0 Å². The van der Waals surface area contributed by atoms with Crippen LogP contribution < -0.4 is 5.84 Å². The second kappa shape index (κ2) is 24.6. The fraction of sp³-hybridized carbons (Fsp3) is 0.526. The molecule has 1 unspecified atom stereocenters. The highest BCUT2D eigenvalue weighted by Gasteiger charge is 2.39. The number of benzene rings is 1. The molecule has 0 spiro atoms. The molecule has 2 aromatic rings. The number of likely N-dealkylation sites (tertiary alicyclic amines) is 1. The molecule has 1 atom stereocenters. The number of nitrogens with two attached hydrogens (primary N) is 1. The van der Waals surface area contributed by atoms with Gasteiger partial charge in [-0.25, -0.2) is 13.8 Å². The van der Waals surface area contributed by atoms with Crippen LogP contribution >= 0.6 is 11.3 Å². The number of ether oxygens (including phenoxy) is 1. The highest BCUT2D eigenvalue weighted by molar-refractivity contribution is 7.09. The number of carbonyl (C=O) groups excluding carboxylic acids is 2. The van der Waals surface area contributed by atoms with Gasteiger partial charge in [-0.1, -0.05) is 71.9 Å². The summed E-state index contributed by atoms with van der Waals surface area (Å²) in [6.45, 7) is 18.5. The maximum Gasteiger partial charge on any atom is 0.222 e. The summed E-state index contributed by atoms with van der Waals surface area (Å²) in [5.74, 6) is 5.31. The van der Waals surface area contributed by atoms with Crippen molar-refractivity contribution in [2.24, 2.45) is 16.4 Å². The van der Waals surface area contributed by atoms with E-state index in [0.717, 1.165) is 36.8 Å². The van der Waals surface area contributed by atoms with Crippen LogP contribution in [0.25, 0.3) is 0 Å². The Bertz CT molecular complexity index is 1290. The largest absolute Gasteiger partial charge is 0.384 e. The van der Waals surface area contributed by atoms with Crippen LogP contribution in [0.1, 0.15) is 104 Å². The van der Waals surface area contributed by atoms with Crippen LogP contribution in [0.15, 0.2) is 77.4 Å². The number of alkyl halides is 1. The van der Waals surface area contributed by atoms with Gasteiger partial charge in [0.15, 0.2) is 5.67 Å². The number of hydrogen-bond donors (Lipinski definition) is 1. The average molecular weight is 689 g/mol. The number of aromatic nitrogens is 1. The first-order chi connectivity index (χ1) is 23.1. The van der Waals surface area contributed by atoms with E-state index in [1.807, 2.05) is 59.8 Å². The van der Waals surface area contributed by atoms with Gasteiger partial charge in [0.1, 0.15) is 16.6 Å².